The van der Waals surface area contributed by atoms with Crippen molar-refractivity contribution in [2.45, 2.75) is 31.6 Å². The maximum atomic E-state index is 12.0. The number of amides is 1. The van der Waals surface area contributed by atoms with Crippen LogP contribution in [0.3, 0.4) is 0 Å². The van der Waals surface area contributed by atoms with Crippen molar-refractivity contribution in [2.24, 2.45) is 0 Å². The highest BCUT2D eigenvalue weighted by Crippen LogP contribution is 2.13. The van der Waals surface area contributed by atoms with Gasteiger partial charge in [0.2, 0.25) is 5.91 Å². The van der Waals surface area contributed by atoms with Crippen LogP contribution in [0.15, 0.2) is 28.7 Å². The second-order valence-corrected chi connectivity index (χ2v) is 7.89. The van der Waals surface area contributed by atoms with E-state index in [1.54, 1.807) is 31.2 Å². The molecule has 0 saturated heterocycles. The first kappa shape index (κ1) is 18.6. The Morgan fingerprint density at radius 1 is 1.27 bits per heavy atom. The van der Waals surface area contributed by atoms with Crippen LogP contribution in [0.1, 0.15) is 25.3 Å². The average Bonchev–Trinajstić information content (AvgIpc) is 2.39. The number of hydrogen-bond acceptors (Lipinski definition) is 4. The third-order valence-corrected chi connectivity index (χ3v) is 4.87. The topological polar surface area (TPSA) is 101 Å². The summed E-state index contributed by atoms with van der Waals surface area (Å²) in [5, 5.41) is 11.2. The van der Waals surface area contributed by atoms with Crippen LogP contribution < -0.4 is 5.32 Å². The minimum absolute atomic E-state index is 0.258. The molecule has 6 nitrogen and oxygen atoms in total. The number of benzene rings is 1. The molecule has 0 aliphatic heterocycles. The van der Waals surface area contributed by atoms with Crippen LogP contribution in [0.4, 0.5) is 0 Å². The lowest BCUT2D eigenvalue weighted by Gasteiger charge is -2.13. The quantitative estimate of drug-likeness (QED) is 0.702. The summed E-state index contributed by atoms with van der Waals surface area (Å²) in [6.07, 6.45) is 0.830. The summed E-state index contributed by atoms with van der Waals surface area (Å²) < 4.78 is 24.8. The zero-order chi connectivity index (χ0) is 16.8. The largest absolute Gasteiger partial charge is 0.480 e. The number of rotatable bonds is 8. The molecule has 22 heavy (non-hydrogen) atoms. The van der Waals surface area contributed by atoms with Crippen molar-refractivity contribution in [1.29, 1.82) is 0 Å². The van der Waals surface area contributed by atoms with Crippen LogP contribution in [0.2, 0.25) is 0 Å². The molecular formula is C14H18BrNO5S. The lowest BCUT2D eigenvalue weighted by Crippen LogP contribution is -2.43. The minimum Gasteiger partial charge on any atom is -0.480 e. The number of carboxylic acid groups (broad SMARTS) is 1. The molecular weight excluding hydrogens is 374 g/mol. The summed E-state index contributed by atoms with van der Waals surface area (Å²) in [6, 6.07) is 5.67. The van der Waals surface area contributed by atoms with E-state index in [1.165, 1.54) is 0 Å². The van der Waals surface area contributed by atoms with Crippen molar-refractivity contribution in [2.75, 3.05) is 5.75 Å². The molecule has 0 fully saturated rings. The van der Waals surface area contributed by atoms with Gasteiger partial charge < -0.3 is 10.4 Å². The average molecular weight is 392 g/mol. The number of carbonyl (C=O) groups is 2. The van der Waals surface area contributed by atoms with Gasteiger partial charge in [-0.1, -0.05) is 41.4 Å². The normalized spacial score (nSPS) is 12.6. The van der Waals surface area contributed by atoms with Gasteiger partial charge in [0.25, 0.3) is 0 Å². The summed E-state index contributed by atoms with van der Waals surface area (Å²) in [6.45, 7) is 1.78. The Bertz CT molecular complexity index is 627. The zero-order valence-corrected chi connectivity index (χ0v) is 14.5. The van der Waals surface area contributed by atoms with E-state index in [0.717, 1.165) is 4.47 Å². The summed E-state index contributed by atoms with van der Waals surface area (Å²) in [4.78, 5) is 22.7. The van der Waals surface area contributed by atoms with Gasteiger partial charge in [-0.05, 0) is 24.1 Å². The van der Waals surface area contributed by atoms with Crippen LogP contribution in [0.25, 0.3) is 0 Å². The lowest BCUT2D eigenvalue weighted by atomic mass is 10.2. The maximum absolute atomic E-state index is 12.0. The number of nitrogens with one attached hydrogen (secondary N) is 1. The van der Waals surface area contributed by atoms with Gasteiger partial charge in [0.15, 0.2) is 9.84 Å². The van der Waals surface area contributed by atoms with Crippen LogP contribution in [-0.2, 0) is 25.2 Å². The van der Waals surface area contributed by atoms with Gasteiger partial charge in [-0.15, -0.1) is 0 Å². The first-order valence-electron chi connectivity index (χ1n) is 6.70. The van der Waals surface area contributed by atoms with Crippen molar-refractivity contribution >= 4 is 37.6 Å². The molecule has 0 aliphatic carbocycles. The number of sulfone groups is 1. The SMILES string of the molecule is CCCC(NC(=O)CS(=O)(=O)Cc1ccc(Br)cc1)C(=O)O. The molecule has 1 rings (SSSR count). The standard InChI is InChI=1S/C14H18BrNO5S/c1-2-3-12(14(18)19)16-13(17)9-22(20,21)8-10-4-6-11(15)7-5-10/h4-7,12H,2-3,8-9H2,1H3,(H,16,17)(H,18,19). The van der Waals surface area contributed by atoms with Crippen molar-refractivity contribution in [3.63, 3.8) is 0 Å². The minimum atomic E-state index is -3.65. The molecule has 0 radical (unpaired) electrons. The summed E-state index contributed by atoms with van der Waals surface area (Å²) in [7, 11) is -3.65. The van der Waals surface area contributed by atoms with E-state index in [0.29, 0.717) is 12.0 Å². The second-order valence-electron chi connectivity index (χ2n) is 4.91. The van der Waals surface area contributed by atoms with E-state index in [1.807, 2.05) is 0 Å². The maximum Gasteiger partial charge on any atom is 0.326 e. The number of carboxylic acids is 1. The fraction of sp³-hybridized carbons (Fsp3) is 0.429. The number of hydrogen-bond donors (Lipinski definition) is 2. The van der Waals surface area contributed by atoms with Crippen molar-refractivity contribution in [1.82, 2.24) is 5.32 Å². The van der Waals surface area contributed by atoms with Crippen molar-refractivity contribution < 1.29 is 23.1 Å². The molecule has 1 atom stereocenters. The fourth-order valence-electron chi connectivity index (χ4n) is 1.87. The van der Waals surface area contributed by atoms with Gasteiger partial charge in [0.1, 0.15) is 11.8 Å². The van der Waals surface area contributed by atoms with E-state index in [2.05, 4.69) is 21.2 Å². The first-order valence-corrected chi connectivity index (χ1v) is 9.32. The highest BCUT2D eigenvalue weighted by atomic mass is 79.9. The van der Waals surface area contributed by atoms with Gasteiger partial charge in [0.05, 0.1) is 5.75 Å². The first-order chi connectivity index (χ1) is 10.2. The Balaban J connectivity index is 2.65. The summed E-state index contributed by atoms with van der Waals surface area (Å²) >= 11 is 3.25. The molecule has 1 unspecified atom stereocenters. The third kappa shape index (κ3) is 6.57. The van der Waals surface area contributed by atoms with Crippen molar-refractivity contribution in [3.8, 4) is 0 Å². The molecule has 1 amide bonds. The Morgan fingerprint density at radius 2 is 1.86 bits per heavy atom. The molecule has 0 saturated carbocycles. The molecule has 1 aromatic carbocycles. The number of aliphatic carboxylic acids is 1. The highest BCUT2D eigenvalue weighted by molar-refractivity contribution is 9.10. The molecule has 0 aliphatic rings. The van der Waals surface area contributed by atoms with E-state index >= 15 is 0 Å². The van der Waals surface area contributed by atoms with Gasteiger partial charge >= 0.3 is 5.97 Å². The molecule has 0 heterocycles. The highest BCUT2D eigenvalue weighted by Gasteiger charge is 2.23. The molecule has 2 N–H and O–H groups in total. The lowest BCUT2D eigenvalue weighted by molar-refractivity contribution is -0.141. The third-order valence-electron chi connectivity index (χ3n) is 2.86. The Labute approximate surface area is 138 Å². The van der Waals surface area contributed by atoms with Gasteiger partial charge in [-0.25, -0.2) is 13.2 Å². The Morgan fingerprint density at radius 3 is 2.36 bits per heavy atom. The molecule has 0 bridgehead atoms. The van der Waals surface area contributed by atoms with Crippen LogP contribution in [0, 0.1) is 0 Å². The van der Waals surface area contributed by atoms with Crippen LogP contribution in [-0.4, -0.2) is 37.2 Å². The van der Waals surface area contributed by atoms with E-state index in [-0.39, 0.29) is 12.2 Å². The molecule has 8 heteroatoms. The molecule has 1 aromatic rings. The van der Waals surface area contributed by atoms with Gasteiger partial charge in [0, 0.05) is 4.47 Å². The Hall–Kier alpha value is -1.41. The van der Waals surface area contributed by atoms with Crippen LogP contribution >= 0.6 is 15.9 Å². The predicted molar refractivity (Wildman–Crippen MR) is 86.1 cm³/mol. The number of halogens is 1. The van der Waals surface area contributed by atoms with E-state index in [9.17, 15) is 18.0 Å². The van der Waals surface area contributed by atoms with Crippen LogP contribution in [0.5, 0.6) is 0 Å². The number of carbonyl (C=O) groups excluding carboxylic acids is 1. The van der Waals surface area contributed by atoms with E-state index in [4.69, 9.17) is 5.11 Å². The Kier molecular flexibility index (Phi) is 7.02. The monoisotopic (exact) mass is 391 g/mol. The van der Waals surface area contributed by atoms with Gasteiger partial charge in [-0.3, -0.25) is 4.79 Å². The second kappa shape index (κ2) is 8.28. The zero-order valence-electron chi connectivity index (χ0n) is 12.1. The summed E-state index contributed by atoms with van der Waals surface area (Å²) in [5.74, 6) is -2.95. The summed E-state index contributed by atoms with van der Waals surface area (Å²) in [5.41, 5.74) is 0.569. The smallest absolute Gasteiger partial charge is 0.326 e. The molecule has 122 valence electrons. The van der Waals surface area contributed by atoms with E-state index < -0.39 is 33.5 Å². The van der Waals surface area contributed by atoms with Crippen molar-refractivity contribution in [3.05, 3.63) is 34.3 Å². The predicted octanol–water partition coefficient (Wildman–Crippen LogP) is 1.73. The van der Waals surface area contributed by atoms with Gasteiger partial charge in [-0.2, -0.15) is 0 Å². The molecule has 0 aromatic heterocycles. The fourth-order valence-corrected chi connectivity index (χ4v) is 3.42. The molecule has 0 spiro atoms.